The molecular formula is C9H19NO4. The Morgan fingerprint density at radius 2 is 2.07 bits per heavy atom. The third-order valence-electron chi connectivity index (χ3n) is 1.93. The van der Waals surface area contributed by atoms with Crippen molar-refractivity contribution in [3.63, 3.8) is 0 Å². The second-order valence-corrected chi connectivity index (χ2v) is 3.21. The zero-order valence-electron chi connectivity index (χ0n) is 8.95. The van der Waals surface area contributed by atoms with Crippen LogP contribution in [0.15, 0.2) is 0 Å². The Morgan fingerprint density at radius 1 is 1.43 bits per heavy atom. The molecule has 0 bridgehead atoms. The highest BCUT2D eigenvalue weighted by Gasteiger charge is 2.11. The predicted molar refractivity (Wildman–Crippen MR) is 52.3 cm³/mol. The van der Waals surface area contributed by atoms with E-state index >= 15 is 0 Å². The summed E-state index contributed by atoms with van der Waals surface area (Å²) in [5.74, 6) is -1.17. The van der Waals surface area contributed by atoms with Gasteiger partial charge >= 0.3 is 5.97 Å². The van der Waals surface area contributed by atoms with E-state index in [0.29, 0.717) is 19.7 Å². The lowest BCUT2D eigenvalue weighted by Gasteiger charge is -2.15. The summed E-state index contributed by atoms with van der Waals surface area (Å²) in [5, 5.41) is 11.6. The Balaban J connectivity index is 3.55. The summed E-state index contributed by atoms with van der Waals surface area (Å²) in [6.45, 7) is 3.21. The number of ether oxygens (including phenoxy) is 2. The maximum atomic E-state index is 10.5. The van der Waals surface area contributed by atoms with E-state index in [-0.39, 0.29) is 12.0 Å². The highest BCUT2D eigenvalue weighted by Crippen LogP contribution is 1.93. The predicted octanol–water partition coefficient (Wildman–Crippen LogP) is -0.0419. The van der Waals surface area contributed by atoms with Crippen LogP contribution in [0.3, 0.4) is 0 Å². The molecule has 2 unspecified atom stereocenters. The molecule has 0 aromatic carbocycles. The van der Waals surface area contributed by atoms with Crippen molar-refractivity contribution in [3.05, 3.63) is 0 Å². The highest BCUT2D eigenvalue weighted by molar-refractivity contribution is 5.69. The number of carboxylic acids is 1. The average molecular weight is 205 g/mol. The molecule has 0 saturated heterocycles. The summed E-state index contributed by atoms with van der Waals surface area (Å²) in [4.78, 5) is 10.5. The molecule has 5 nitrogen and oxygen atoms in total. The van der Waals surface area contributed by atoms with Crippen LogP contribution in [0.25, 0.3) is 0 Å². The molecular weight excluding hydrogens is 186 g/mol. The first-order valence-electron chi connectivity index (χ1n) is 4.57. The van der Waals surface area contributed by atoms with Gasteiger partial charge in [0.1, 0.15) is 0 Å². The van der Waals surface area contributed by atoms with Crippen LogP contribution in [0.2, 0.25) is 0 Å². The summed E-state index contributed by atoms with van der Waals surface area (Å²) in [7, 11) is 3.21. The largest absolute Gasteiger partial charge is 0.481 e. The molecule has 0 amide bonds. The van der Waals surface area contributed by atoms with E-state index in [1.165, 1.54) is 0 Å². The van der Waals surface area contributed by atoms with Crippen LogP contribution in [-0.4, -0.2) is 51.1 Å². The van der Waals surface area contributed by atoms with Gasteiger partial charge in [-0.1, -0.05) is 6.92 Å². The third-order valence-corrected chi connectivity index (χ3v) is 1.93. The van der Waals surface area contributed by atoms with E-state index in [4.69, 9.17) is 14.6 Å². The molecule has 2 N–H and O–H groups in total. The van der Waals surface area contributed by atoms with Gasteiger partial charge in [0.2, 0.25) is 0 Å². The SMILES string of the molecule is COCC(CNCC(C)C(=O)O)OC. The summed E-state index contributed by atoms with van der Waals surface area (Å²) >= 11 is 0. The summed E-state index contributed by atoms with van der Waals surface area (Å²) in [5.41, 5.74) is 0. The van der Waals surface area contributed by atoms with Crippen molar-refractivity contribution >= 4 is 5.97 Å². The molecule has 0 aliphatic carbocycles. The number of carbonyl (C=O) groups is 1. The molecule has 14 heavy (non-hydrogen) atoms. The van der Waals surface area contributed by atoms with Gasteiger partial charge in [0.05, 0.1) is 18.6 Å². The van der Waals surface area contributed by atoms with Crippen LogP contribution >= 0.6 is 0 Å². The van der Waals surface area contributed by atoms with Crippen molar-refractivity contribution in [1.29, 1.82) is 0 Å². The molecule has 84 valence electrons. The first-order chi connectivity index (χ1) is 6.61. The highest BCUT2D eigenvalue weighted by atomic mass is 16.5. The third kappa shape index (κ3) is 5.90. The number of nitrogens with one attached hydrogen (secondary N) is 1. The van der Waals surface area contributed by atoms with Crippen LogP contribution in [0, 0.1) is 5.92 Å². The van der Waals surface area contributed by atoms with E-state index in [9.17, 15) is 4.79 Å². The minimum absolute atomic E-state index is 0.0269. The zero-order valence-corrected chi connectivity index (χ0v) is 8.95. The maximum absolute atomic E-state index is 10.5. The lowest BCUT2D eigenvalue weighted by atomic mass is 10.2. The first-order valence-corrected chi connectivity index (χ1v) is 4.57. The molecule has 0 aromatic heterocycles. The second-order valence-electron chi connectivity index (χ2n) is 3.21. The molecule has 0 aliphatic rings. The molecule has 2 atom stereocenters. The van der Waals surface area contributed by atoms with E-state index in [2.05, 4.69) is 5.32 Å². The van der Waals surface area contributed by atoms with Crippen molar-refractivity contribution in [3.8, 4) is 0 Å². The van der Waals surface area contributed by atoms with Crippen LogP contribution in [0.1, 0.15) is 6.92 Å². The first kappa shape index (κ1) is 13.4. The van der Waals surface area contributed by atoms with Gasteiger partial charge in [0.15, 0.2) is 0 Å². The van der Waals surface area contributed by atoms with E-state index < -0.39 is 5.97 Å². The summed E-state index contributed by atoms with van der Waals surface area (Å²) < 4.78 is 10.0. The monoisotopic (exact) mass is 205 g/mol. The summed E-state index contributed by atoms with van der Waals surface area (Å²) in [6, 6.07) is 0. The van der Waals surface area contributed by atoms with Crippen molar-refractivity contribution in [2.24, 2.45) is 5.92 Å². The van der Waals surface area contributed by atoms with Crippen LogP contribution in [0.4, 0.5) is 0 Å². The number of rotatable bonds is 8. The van der Waals surface area contributed by atoms with Crippen LogP contribution in [0.5, 0.6) is 0 Å². The Labute approximate surface area is 84.4 Å². The van der Waals surface area contributed by atoms with E-state index in [1.807, 2.05) is 0 Å². The van der Waals surface area contributed by atoms with Gasteiger partial charge in [-0.2, -0.15) is 0 Å². The minimum Gasteiger partial charge on any atom is -0.481 e. The molecule has 0 aliphatic heterocycles. The molecule has 0 aromatic rings. The fraction of sp³-hybridized carbons (Fsp3) is 0.889. The lowest BCUT2D eigenvalue weighted by Crippen LogP contribution is -2.35. The molecule has 0 fully saturated rings. The zero-order chi connectivity index (χ0) is 11.0. The van der Waals surface area contributed by atoms with Gasteiger partial charge in [-0.15, -0.1) is 0 Å². The Kier molecular flexibility index (Phi) is 7.37. The van der Waals surface area contributed by atoms with E-state index in [1.54, 1.807) is 21.1 Å². The lowest BCUT2D eigenvalue weighted by molar-refractivity contribution is -0.141. The quantitative estimate of drug-likeness (QED) is 0.582. The van der Waals surface area contributed by atoms with Gasteiger partial charge < -0.3 is 19.9 Å². The second kappa shape index (κ2) is 7.73. The van der Waals surface area contributed by atoms with E-state index in [0.717, 1.165) is 0 Å². The minimum atomic E-state index is -0.793. The van der Waals surface area contributed by atoms with Crippen LogP contribution in [-0.2, 0) is 14.3 Å². The number of hydrogen-bond donors (Lipinski definition) is 2. The topological polar surface area (TPSA) is 67.8 Å². The average Bonchev–Trinajstić information content (AvgIpc) is 2.16. The molecule has 0 radical (unpaired) electrons. The Bertz CT molecular complexity index is 163. The fourth-order valence-electron chi connectivity index (χ4n) is 0.944. The van der Waals surface area contributed by atoms with Gasteiger partial charge in [-0.3, -0.25) is 4.79 Å². The number of hydrogen-bond acceptors (Lipinski definition) is 4. The van der Waals surface area contributed by atoms with Gasteiger partial charge in [-0.25, -0.2) is 0 Å². The molecule has 0 spiro atoms. The molecule has 5 heteroatoms. The normalized spacial score (nSPS) is 15.1. The number of aliphatic carboxylic acids is 1. The van der Waals surface area contributed by atoms with Gasteiger partial charge in [-0.05, 0) is 0 Å². The van der Waals surface area contributed by atoms with Crippen molar-refractivity contribution in [1.82, 2.24) is 5.32 Å². The van der Waals surface area contributed by atoms with Gasteiger partial charge in [0, 0.05) is 27.3 Å². The standard InChI is InChI=1S/C9H19NO4/c1-7(9(11)12)4-10-5-8(14-3)6-13-2/h7-8,10H,4-6H2,1-3H3,(H,11,12). The fourth-order valence-corrected chi connectivity index (χ4v) is 0.944. The molecule has 0 rings (SSSR count). The number of methoxy groups -OCH3 is 2. The molecule has 0 heterocycles. The molecule has 0 saturated carbocycles. The summed E-state index contributed by atoms with van der Waals surface area (Å²) in [6.07, 6.45) is -0.0269. The van der Waals surface area contributed by atoms with Crippen molar-refractivity contribution < 1.29 is 19.4 Å². The number of carboxylic acid groups (broad SMARTS) is 1. The Hall–Kier alpha value is -0.650. The van der Waals surface area contributed by atoms with Crippen LogP contribution < -0.4 is 5.32 Å². The maximum Gasteiger partial charge on any atom is 0.307 e. The van der Waals surface area contributed by atoms with Crippen molar-refractivity contribution in [2.75, 3.05) is 33.9 Å². The smallest absolute Gasteiger partial charge is 0.307 e. The van der Waals surface area contributed by atoms with Crippen molar-refractivity contribution in [2.45, 2.75) is 13.0 Å². The Morgan fingerprint density at radius 3 is 2.50 bits per heavy atom. The van der Waals surface area contributed by atoms with Gasteiger partial charge in [0.25, 0.3) is 0 Å².